The molecular weight excluding hydrogens is 250 g/mol. The smallest absolute Gasteiger partial charge is 0.110 e. The van der Waals surface area contributed by atoms with Gasteiger partial charge in [0.15, 0.2) is 0 Å². The maximum Gasteiger partial charge on any atom is 0.110 e. The van der Waals surface area contributed by atoms with Crippen LogP contribution in [0.4, 0.5) is 0 Å². The molecule has 2 unspecified atom stereocenters. The van der Waals surface area contributed by atoms with E-state index in [9.17, 15) is 0 Å². The Morgan fingerprint density at radius 3 is 3.05 bits per heavy atom. The number of imidazole rings is 2. The lowest BCUT2D eigenvalue weighted by Gasteiger charge is -2.29. The van der Waals surface area contributed by atoms with Gasteiger partial charge in [-0.2, -0.15) is 0 Å². The normalized spacial score (nSPS) is 23.1. The van der Waals surface area contributed by atoms with Gasteiger partial charge in [-0.1, -0.05) is 0 Å². The Balaban J connectivity index is 1.68. The third kappa shape index (κ3) is 2.77. The van der Waals surface area contributed by atoms with Crippen LogP contribution < -0.4 is 5.32 Å². The fourth-order valence-corrected chi connectivity index (χ4v) is 3.04. The Bertz CT molecular complexity index is 556. The summed E-state index contributed by atoms with van der Waals surface area (Å²) in [7, 11) is 2.04. The van der Waals surface area contributed by atoms with Crippen LogP contribution in [0.2, 0.25) is 0 Å². The number of hydrogen-bond donors (Lipinski definition) is 1. The molecule has 0 amide bonds. The SMILES string of the molecule is CC1CCCC(c2cncn2CCc2nccn2C)N1. The van der Waals surface area contributed by atoms with Crippen LogP contribution in [0.1, 0.15) is 43.7 Å². The zero-order chi connectivity index (χ0) is 13.9. The second-order valence-electron chi connectivity index (χ2n) is 5.77. The number of aromatic nitrogens is 4. The number of nitrogens with zero attached hydrogens (tertiary/aromatic N) is 4. The number of nitrogens with one attached hydrogen (secondary N) is 1. The van der Waals surface area contributed by atoms with Crippen LogP contribution in [0.3, 0.4) is 0 Å². The van der Waals surface area contributed by atoms with Crippen LogP contribution in [0.25, 0.3) is 0 Å². The molecule has 1 fully saturated rings. The minimum atomic E-state index is 0.447. The summed E-state index contributed by atoms with van der Waals surface area (Å²) in [4.78, 5) is 8.72. The molecule has 1 N–H and O–H groups in total. The van der Waals surface area contributed by atoms with Gasteiger partial charge in [-0.3, -0.25) is 0 Å². The maximum atomic E-state index is 4.38. The van der Waals surface area contributed by atoms with E-state index in [1.54, 1.807) is 0 Å². The number of aryl methyl sites for hydroxylation is 3. The first-order chi connectivity index (χ1) is 9.74. The van der Waals surface area contributed by atoms with Gasteiger partial charge in [0.25, 0.3) is 0 Å². The zero-order valence-corrected chi connectivity index (χ0v) is 12.3. The molecule has 0 spiro atoms. The van der Waals surface area contributed by atoms with Crippen molar-refractivity contribution in [3.8, 4) is 0 Å². The summed E-state index contributed by atoms with van der Waals surface area (Å²) in [6.07, 6.45) is 12.5. The summed E-state index contributed by atoms with van der Waals surface area (Å²) in [6, 6.07) is 1.05. The van der Waals surface area contributed by atoms with E-state index in [0.29, 0.717) is 12.1 Å². The average Bonchev–Trinajstić information content (AvgIpc) is 3.05. The van der Waals surface area contributed by atoms with Crippen molar-refractivity contribution in [3.05, 3.63) is 36.4 Å². The highest BCUT2D eigenvalue weighted by Gasteiger charge is 2.22. The molecule has 5 heteroatoms. The molecular formula is C15H23N5. The Labute approximate surface area is 120 Å². The van der Waals surface area contributed by atoms with Crippen LogP contribution in [0.15, 0.2) is 24.9 Å². The predicted octanol–water partition coefficient (Wildman–Crippen LogP) is 2.06. The van der Waals surface area contributed by atoms with Gasteiger partial charge < -0.3 is 14.5 Å². The number of hydrogen-bond acceptors (Lipinski definition) is 3. The highest BCUT2D eigenvalue weighted by molar-refractivity contribution is 5.07. The van der Waals surface area contributed by atoms with Crippen molar-refractivity contribution in [2.75, 3.05) is 0 Å². The average molecular weight is 273 g/mol. The molecule has 0 aliphatic carbocycles. The van der Waals surface area contributed by atoms with E-state index >= 15 is 0 Å². The van der Waals surface area contributed by atoms with Crippen LogP contribution in [-0.2, 0) is 20.0 Å². The molecule has 20 heavy (non-hydrogen) atoms. The molecule has 108 valence electrons. The Hall–Kier alpha value is -1.62. The van der Waals surface area contributed by atoms with E-state index in [2.05, 4.69) is 31.3 Å². The second-order valence-corrected chi connectivity index (χ2v) is 5.77. The fourth-order valence-electron chi connectivity index (χ4n) is 3.04. The third-order valence-corrected chi connectivity index (χ3v) is 4.21. The topological polar surface area (TPSA) is 47.7 Å². The van der Waals surface area contributed by atoms with Crippen LogP contribution in [-0.4, -0.2) is 25.1 Å². The molecule has 1 saturated heterocycles. The Kier molecular flexibility index (Phi) is 3.87. The van der Waals surface area contributed by atoms with Crippen molar-refractivity contribution in [2.24, 2.45) is 7.05 Å². The molecule has 3 heterocycles. The molecule has 1 aliphatic heterocycles. The summed E-state index contributed by atoms with van der Waals surface area (Å²) in [5.41, 5.74) is 1.31. The summed E-state index contributed by atoms with van der Waals surface area (Å²) < 4.78 is 4.35. The Morgan fingerprint density at radius 1 is 1.40 bits per heavy atom. The largest absolute Gasteiger partial charge is 0.338 e. The van der Waals surface area contributed by atoms with Gasteiger partial charge in [0, 0.05) is 50.7 Å². The van der Waals surface area contributed by atoms with Crippen molar-refractivity contribution in [1.82, 2.24) is 24.4 Å². The molecule has 0 radical (unpaired) electrons. The first-order valence-corrected chi connectivity index (χ1v) is 7.46. The monoisotopic (exact) mass is 273 g/mol. The first kappa shape index (κ1) is 13.4. The number of piperidine rings is 1. The first-order valence-electron chi connectivity index (χ1n) is 7.46. The van der Waals surface area contributed by atoms with E-state index in [4.69, 9.17) is 0 Å². The van der Waals surface area contributed by atoms with E-state index < -0.39 is 0 Å². The van der Waals surface area contributed by atoms with E-state index in [-0.39, 0.29) is 0 Å². The summed E-state index contributed by atoms with van der Waals surface area (Å²) in [5, 5.41) is 3.68. The fraction of sp³-hybridized carbons (Fsp3) is 0.600. The molecule has 3 rings (SSSR count). The van der Waals surface area contributed by atoms with E-state index in [1.165, 1.54) is 25.0 Å². The van der Waals surface area contributed by atoms with E-state index in [1.807, 2.05) is 32.0 Å². The van der Waals surface area contributed by atoms with Gasteiger partial charge in [0.1, 0.15) is 5.82 Å². The van der Waals surface area contributed by atoms with Crippen molar-refractivity contribution in [2.45, 2.75) is 51.2 Å². The van der Waals surface area contributed by atoms with Crippen molar-refractivity contribution >= 4 is 0 Å². The summed E-state index contributed by atoms with van der Waals surface area (Å²) >= 11 is 0. The highest BCUT2D eigenvalue weighted by atomic mass is 15.1. The summed E-state index contributed by atoms with van der Waals surface area (Å²) in [5.74, 6) is 1.12. The molecule has 2 aromatic rings. The standard InChI is InChI=1S/C15H23N5/c1-12-4-3-5-13(18-12)14-10-16-11-20(14)8-6-15-17-7-9-19(15)2/h7,9-13,18H,3-6,8H2,1-2H3. The van der Waals surface area contributed by atoms with Gasteiger partial charge in [-0.25, -0.2) is 9.97 Å². The van der Waals surface area contributed by atoms with Gasteiger partial charge in [-0.05, 0) is 26.2 Å². The van der Waals surface area contributed by atoms with Crippen LogP contribution >= 0.6 is 0 Å². The molecule has 5 nitrogen and oxygen atoms in total. The van der Waals surface area contributed by atoms with Gasteiger partial charge in [0.05, 0.1) is 12.0 Å². The van der Waals surface area contributed by atoms with Crippen LogP contribution in [0, 0.1) is 0 Å². The molecule has 2 aromatic heterocycles. The van der Waals surface area contributed by atoms with E-state index in [0.717, 1.165) is 18.8 Å². The third-order valence-electron chi connectivity index (χ3n) is 4.21. The molecule has 1 aliphatic rings. The number of rotatable bonds is 4. The predicted molar refractivity (Wildman–Crippen MR) is 78.3 cm³/mol. The van der Waals surface area contributed by atoms with Crippen molar-refractivity contribution in [3.63, 3.8) is 0 Å². The lowest BCUT2D eigenvalue weighted by molar-refractivity contribution is 0.329. The zero-order valence-electron chi connectivity index (χ0n) is 12.3. The lowest BCUT2D eigenvalue weighted by Crippen LogP contribution is -2.35. The van der Waals surface area contributed by atoms with Gasteiger partial charge >= 0.3 is 0 Å². The molecule has 2 atom stereocenters. The minimum Gasteiger partial charge on any atom is -0.338 e. The molecule has 0 aromatic carbocycles. The maximum absolute atomic E-state index is 4.38. The highest BCUT2D eigenvalue weighted by Crippen LogP contribution is 2.25. The van der Waals surface area contributed by atoms with Gasteiger partial charge in [0.2, 0.25) is 0 Å². The quantitative estimate of drug-likeness (QED) is 0.927. The lowest BCUT2D eigenvalue weighted by atomic mass is 9.97. The molecule has 0 bridgehead atoms. The second kappa shape index (κ2) is 5.79. The summed E-state index contributed by atoms with van der Waals surface area (Å²) in [6.45, 7) is 3.20. The van der Waals surface area contributed by atoms with Gasteiger partial charge in [-0.15, -0.1) is 0 Å². The molecule has 0 saturated carbocycles. The minimum absolute atomic E-state index is 0.447. The Morgan fingerprint density at radius 2 is 2.30 bits per heavy atom. The van der Waals surface area contributed by atoms with Crippen LogP contribution in [0.5, 0.6) is 0 Å². The van der Waals surface area contributed by atoms with Crippen molar-refractivity contribution in [1.29, 1.82) is 0 Å². The van der Waals surface area contributed by atoms with Crippen molar-refractivity contribution < 1.29 is 0 Å².